The van der Waals surface area contributed by atoms with Crippen LogP contribution in [0.4, 0.5) is 17.6 Å². The van der Waals surface area contributed by atoms with E-state index in [1.807, 2.05) is 25.1 Å². The van der Waals surface area contributed by atoms with Crippen molar-refractivity contribution in [2.75, 3.05) is 30.3 Å². The molecule has 0 spiro atoms. The molecule has 2 N–H and O–H groups in total. The zero-order valence-electron chi connectivity index (χ0n) is 18.0. The Kier molecular flexibility index (Phi) is 7.33. The molecule has 0 saturated carbocycles. The molecular formula is C23H30N6O2. The third-order valence-corrected chi connectivity index (χ3v) is 5.18. The highest BCUT2D eigenvalue weighted by molar-refractivity contribution is 5.55. The van der Waals surface area contributed by atoms with Gasteiger partial charge in [0.05, 0.1) is 19.4 Å². The van der Waals surface area contributed by atoms with Gasteiger partial charge in [-0.15, -0.1) is 0 Å². The lowest BCUT2D eigenvalue weighted by molar-refractivity contribution is 0.277. The van der Waals surface area contributed by atoms with Crippen molar-refractivity contribution < 1.29 is 9.15 Å². The van der Waals surface area contributed by atoms with Gasteiger partial charge >= 0.3 is 6.01 Å². The Hall–Kier alpha value is -3.13. The topological polar surface area (TPSA) is 88.3 Å². The van der Waals surface area contributed by atoms with E-state index >= 15 is 0 Å². The summed E-state index contributed by atoms with van der Waals surface area (Å²) in [7, 11) is 0. The molecule has 3 heterocycles. The quantitative estimate of drug-likeness (QED) is 0.517. The van der Waals surface area contributed by atoms with Gasteiger partial charge in [0.15, 0.2) is 0 Å². The fraction of sp³-hybridized carbons (Fsp3) is 0.435. The Bertz CT molecular complexity index is 939. The van der Waals surface area contributed by atoms with Gasteiger partial charge in [-0.3, -0.25) is 4.90 Å². The first-order valence-electron chi connectivity index (χ1n) is 11.0. The maximum Gasteiger partial charge on any atom is 0.323 e. The molecule has 3 aromatic rings. The molecule has 1 aliphatic heterocycles. The van der Waals surface area contributed by atoms with Crippen molar-refractivity contribution in [3.63, 3.8) is 0 Å². The van der Waals surface area contributed by atoms with Crippen molar-refractivity contribution in [2.45, 2.75) is 45.7 Å². The number of rotatable bonds is 9. The second kappa shape index (κ2) is 10.8. The van der Waals surface area contributed by atoms with Crippen LogP contribution >= 0.6 is 0 Å². The van der Waals surface area contributed by atoms with Gasteiger partial charge < -0.3 is 19.8 Å². The summed E-state index contributed by atoms with van der Waals surface area (Å²) in [5.41, 5.74) is 2.22. The van der Waals surface area contributed by atoms with Crippen LogP contribution < -0.4 is 15.4 Å². The van der Waals surface area contributed by atoms with Gasteiger partial charge in [0.25, 0.3) is 0 Å². The first kappa shape index (κ1) is 21.1. The summed E-state index contributed by atoms with van der Waals surface area (Å²) in [5.74, 6) is 1.67. The maximum atomic E-state index is 5.53. The van der Waals surface area contributed by atoms with Crippen LogP contribution in [0.25, 0.3) is 0 Å². The second-order valence-corrected chi connectivity index (χ2v) is 7.65. The van der Waals surface area contributed by atoms with Gasteiger partial charge in [-0.1, -0.05) is 25.0 Å². The van der Waals surface area contributed by atoms with Gasteiger partial charge in [-0.25, -0.2) is 0 Å². The predicted octanol–water partition coefficient (Wildman–Crippen LogP) is 4.60. The molecule has 8 nitrogen and oxygen atoms in total. The highest BCUT2D eigenvalue weighted by Gasteiger charge is 2.11. The van der Waals surface area contributed by atoms with E-state index in [2.05, 4.69) is 48.7 Å². The third-order valence-electron chi connectivity index (χ3n) is 5.18. The van der Waals surface area contributed by atoms with Gasteiger partial charge in [0.1, 0.15) is 5.76 Å². The molecule has 164 valence electrons. The van der Waals surface area contributed by atoms with Crippen molar-refractivity contribution in [1.29, 1.82) is 0 Å². The van der Waals surface area contributed by atoms with E-state index in [0.717, 1.165) is 18.0 Å². The summed E-state index contributed by atoms with van der Waals surface area (Å²) in [6, 6.07) is 12.4. The van der Waals surface area contributed by atoms with Crippen molar-refractivity contribution in [1.82, 2.24) is 19.9 Å². The standard InChI is InChI=1S/C23H30N6O2/c1-2-30-23-27-21(24-16-20-11-8-14-31-20)26-22(28-23)25-19-10-7-9-18(15-19)17-29-12-5-3-4-6-13-29/h7-11,14-15H,2-6,12-13,16-17H2,1H3,(H2,24,25,26,27,28). The molecule has 1 fully saturated rings. The van der Waals surface area contributed by atoms with E-state index in [1.54, 1.807) is 6.26 Å². The smallest absolute Gasteiger partial charge is 0.323 e. The van der Waals surface area contributed by atoms with E-state index in [1.165, 1.54) is 44.3 Å². The van der Waals surface area contributed by atoms with E-state index < -0.39 is 0 Å². The first-order chi connectivity index (χ1) is 15.3. The minimum atomic E-state index is 0.280. The molecule has 0 atom stereocenters. The molecule has 0 amide bonds. The summed E-state index contributed by atoms with van der Waals surface area (Å²) in [5, 5.41) is 6.46. The first-order valence-corrected chi connectivity index (χ1v) is 11.0. The van der Waals surface area contributed by atoms with E-state index in [-0.39, 0.29) is 6.01 Å². The van der Waals surface area contributed by atoms with Crippen molar-refractivity contribution >= 4 is 17.6 Å². The fourth-order valence-corrected chi connectivity index (χ4v) is 3.69. The average Bonchev–Trinajstić information content (AvgIpc) is 3.16. The minimum Gasteiger partial charge on any atom is -0.467 e. The Labute approximate surface area is 183 Å². The van der Waals surface area contributed by atoms with Crippen molar-refractivity contribution in [3.05, 3.63) is 54.0 Å². The number of aromatic nitrogens is 3. The molecule has 0 radical (unpaired) electrons. The highest BCUT2D eigenvalue weighted by Crippen LogP contribution is 2.20. The summed E-state index contributed by atoms with van der Waals surface area (Å²) in [6.07, 6.45) is 6.90. The number of benzene rings is 1. The van der Waals surface area contributed by atoms with Crippen molar-refractivity contribution in [3.8, 4) is 6.01 Å². The maximum absolute atomic E-state index is 5.53. The number of anilines is 3. The molecule has 2 aromatic heterocycles. The lowest BCUT2D eigenvalue weighted by atomic mass is 10.2. The second-order valence-electron chi connectivity index (χ2n) is 7.65. The predicted molar refractivity (Wildman–Crippen MR) is 121 cm³/mol. The van der Waals surface area contributed by atoms with Crippen LogP contribution in [0.3, 0.4) is 0 Å². The van der Waals surface area contributed by atoms with Crippen molar-refractivity contribution in [2.24, 2.45) is 0 Å². The van der Waals surface area contributed by atoms with Gasteiger partial charge in [0, 0.05) is 12.2 Å². The summed E-state index contributed by atoms with van der Waals surface area (Å²) in [4.78, 5) is 15.7. The van der Waals surface area contributed by atoms with E-state index in [9.17, 15) is 0 Å². The number of likely N-dealkylation sites (tertiary alicyclic amines) is 1. The molecule has 1 saturated heterocycles. The summed E-state index contributed by atoms with van der Waals surface area (Å²) >= 11 is 0. The fourth-order valence-electron chi connectivity index (χ4n) is 3.69. The molecule has 4 rings (SSSR count). The lowest BCUT2D eigenvalue weighted by Crippen LogP contribution is -2.23. The number of hydrogen-bond acceptors (Lipinski definition) is 8. The molecular weight excluding hydrogens is 392 g/mol. The third kappa shape index (κ3) is 6.42. The Morgan fingerprint density at radius 1 is 1.00 bits per heavy atom. The molecule has 0 unspecified atom stereocenters. The van der Waals surface area contributed by atoms with Gasteiger partial charge in [-0.2, -0.15) is 15.0 Å². The Balaban J connectivity index is 1.45. The molecule has 1 aromatic carbocycles. The number of nitrogens with one attached hydrogen (secondary N) is 2. The molecule has 8 heteroatoms. The summed E-state index contributed by atoms with van der Waals surface area (Å²) < 4.78 is 10.9. The zero-order chi connectivity index (χ0) is 21.3. The average molecular weight is 423 g/mol. The number of nitrogens with zero attached hydrogens (tertiary/aromatic N) is 4. The number of furan rings is 1. The Morgan fingerprint density at radius 3 is 2.61 bits per heavy atom. The SMILES string of the molecule is CCOc1nc(NCc2ccco2)nc(Nc2cccc(CN3CCCCCC3)c2)n1. The van der Waals surface area contributed by atoms with Crippen LogP contribution in [0, 0.1) is 0 Å². The normalized spacial score (nSPS) is 14.7. The lowest BCUT2D eigenvalue weighted by Gasteiger charge is -2.20. The van der Waals surface area contributed by atoms with Gasteiger partial charge in [-0.05, 0) is 62.7 Å². The number of hydrogen-bond donors (Lipinski definition) is 2. The van der Waals surface area contributed by atoms with E-state index in [0.29, 0.717) is 25.0 Å². The van der Waals surface area contributed by atoms with Crippen LogP contribution in [0.5, 0.6) is 6.01 Å². The molecule has 1 aliphatic rings. The van der Waals surface area contributed by atoms with Crippen LogP contribution in [0.15, 0.2) is 47.1 Å². The monoisotopic (exact) mass is 422 g/mol. The zero-order valence-corrected chi connectivity index (χ0v) is 18.0. The minimum absolute atomic E-state index is 0.280. The van der Waals surface area contributed by atoms with E-state index in [4.69, 9.17) is 9.15 Å². The molecule has 0 bridgehead atoms. The largest absolute Gasteiger partial charge is 0.467 e. The summed E-state index contributed by atoms with van der Waals surface area (Å²) in [6.45, 7) is 6.17. The van der Waals surface area contributed by atoms with Crippen LogP contribution in [-0.2, 0) is 13.1 Å². The highest BCUT2D eigenvalue weighted by atomic mass is 16.5. The van der Waals surface area contributed by atoms with Crippen LogP contribution in [0.2, 0.25) is 0 Å². The molecule has 0 aliphatic carbocycles. The Morgan fingerprint density at radius 2 is 1.84 bits per heavy atom. The molecule has 31 heavy (non-hydrogen) atoms. The van der Waals surface area contributed by atoms with Gasteiger partial charge in [0.2, 0.25) is 11.9 Å². The number of ether oxygens (including phenoxy) is 1. The van der Waals surface area contributed by atoms with Crippen LogP contribution in [-0.4, -0.2) is 39.5 Å². The van der Waals surface area contributed by atoms with Crippen LogP contribution in [0.1, 0.15) is 43.9 Å².